The molecule has 0 aromatic heterocycles. The largest absolute Gasteiger partial charge is 0.481 e. The molecule has 0 aromatic rings. The summed E-state index contributed by atoms with van der Waals surface area (Å²) < 4.78 is 4.83. The monoisotopic (exact) mass is 312 g/mol. The van der Waals surface area contributed by atoms with Gasteiger partial charge in [-0.15, -0.1) is 0 Å². The summed E-state index contributed by atoms with van der Waals surface area (Å²) in [6.07, 6.45) is 3.51. The maximum absolute atomic E-state index is 11.0. The van der Waals surface area contributed by atoms with Crippen LogP contribution in [0.4, 0.5) is 0 Å². The van der Waals surface area contributed by atoms with Gasteiger partial charge in [-0.05, 0) is 39.5 Å². The van der Waals surface area contributed by atoms with Gasteiger partial charge in [0.05, 0.1) is 12.0 Å². The third-order valence-electron chi connectivity index (χ3n) is 3.50. The van der Waals surface area contributed by atoms with Gasteiger partial charge in [-0.25, -0.2) is 4.79 Å². The van der Waals surface area contributed by atoms with Gasteiger partial charge in [0.25, 0.3) is 0 Å². The minimum Gasteiger partial charge on any atom is -0.481 e. The number of carbonyl (C=O) groups excluding carboxylic acids is 1. The van der Waals surface area contributed by atoms with Crippen LogP contribution in [-0.2, 0) is 14.3 Å². The molecule has 0 aromatic carbocycles. The third kappa shape index (κ3) is 5.64. The predicted octanol–water partition coefficient (Wildman–Crippen LogP) is 2.94. The number of aliphatic carboxylic acids is 1. The maximum Gasteiger partial charge on any atom is 0.330 e. The standard InChI is InChI=1S/C10H16O3.C7H12O2/c1-7(5-11)4-10(8(12)13)6-9(10,2)3;1-5-6(8)9-7(2,3)4/h4,11H,5-6H2,1-3H3,(H,12,13);5H,1H2,2-4H3/b7-4+;. The second-order valence-corrected chi connectivity index (χ2v) is 7.22. The molecule has 5 nitrogen and oxygen atoms in total. The van der Waals surface area contributed by atoms with Crippen molar-refractivity contribution in [2.24, 2.45) is 10.8 Å². The second-order valence-electron chi connectivity index (χ2n) is 7.22. The van der Waals surface area contributed by atoms with Gasteiger partial charge in [-0.1, -0.05) is 32.1 Å². The Labute approximate surface area is 132 Å². The molecule has 5 heteroatoms. The highest BCUT2D eigenvalue weighted by atomic mass is 16.6. The number of hydrogen-bond acceptors (Lipinski definition) is 4. The zero-order valence-corrected chi connectivity index (χ0v) is 14.4. The fraction of sp³-hybridized carbons (Fsp3) is 0.647. The molecule has 22 heavy (non-hydrogen) atoms. The van der Waals surface area contributed by atoms with Gasteiger partial charge < -0.3 is 14.9 Å². The Morgan fingerprint density at radius 2 is 1.77 bits per heavy atom. The molecule has 0 aliphatic heterocycles. The first-order valence-corrected chi connectivity index (χ1v) is 7.19. The van der Waals surface area contributed by atoms with Gasteiger partial charge in [0.2, 0.25) is 0 Å². The van der Waals surface area contributed by atoms with Crippen LogP contribution in [-0.4, -0.2) is 34.4 Å². The predicted molar refractivity (Wildman–Crippen MR) is 85.4 cm³/mol. The molecule has 0 amide bonds. The minimum atomic E-state index is -0.787. The molecular weight excluding hydrogens is 284 g/mol. The van der Waals surface area contributed by atoms with Crippen LogP contribution in [0.15, 0.2) is 24.3 Å². The number of esters is 1. The van der Waals surface area contributed by atoms with E-state index in [2.05, 4.69) is 6.58 Å². The molecule has 0 spiro atoms. The number of ether oxygens (including phenoxy) is 1. The van der Waals surface area contributed by atoms with Crippen molar-refractivity contribution >= 4 is 11.9 Å². The summed E-state index contributed by atoms with van der Waals surface area (Å²) in [5, 5.41) is 17.9. The van der Waals surface area contributed by atoms with Crippen molar-refractivity contribution in [2.75, 3.05) is 6.61 Å². The molecule has 0 saturated heterocycles. The van der Waals surface area contributed by atoms with E-state index in [-0.39, 0.29) is 18.0 Å². The molecule has 1 saturated carbocycles. The molecule has 2 N–H and O–H groups in total. The van der Waals surface area contributed by atoms with Crippen molar-refractivity contribution in [1.29, 1.82) is 0 Å². The van der Waals surface area contributed by atoms with Crippen LogP contribution in [0, 0.1) is 10.8 Å². The van der Waals surface area contributed by atoms with Crippen molar-refractivity contribution in [3.8, 4) is 0 Å². The number of hydrogen-bond donors (Lipinski definition) is 2. The van der Waals surface area contributed by atoms with E-state index >= 15 is 0 Å². The fourth-order valence-electron chi connectivity index (χ4n) is 2.14. The van der Waals surface area contributed by atoms with E-state index < -0.39 is 17.0 Å². The minimum absolute atomic E-state index is 0.0644. The first-order valence-electron chi connectivity index (χ1n) is 7.19. The lowest BCUT2D eigenvalue weighted by atomic mass is 9.94. The van der Waals surface area contributed by atoms with Crippen LogP contribution in [0.5, 0.6) is 0 Å². The van der Waals surface area contributed by atoms with E-state index in [1.165, 1.54) is 0 Å². The fourth-order valence-corrected chi connectivity index (χ4v) is 2.14. The zero-order valence-electron chi connectivity index (χ0n) is 14.4. The Morgan fingerprint density at radius 3 is 1.95 bits per heavy atom. The van der Waals surface area contributed by atoms with Gasteiger partial charge in [0, 0.05) is 6.08 Å². The Hall–Kier alpha value is -1.62. The van der Waals surface area contributed by atoms with Gasteiger partial charge in [-0.2, -0.15) is 0 Å². The van der Waals surface area contributed by atoms with Crippen LogP contribution in [0.2, 0.25) is 0 Å². The smallest absolute Gasteiger partial charge is 0.330 e. The lowest BCUT2D eigenvalue weighted by Crippen LogP contribution is -2.22. The molecule has 1 unspecified atom stereocenters. The van der Waals surface area contributed by atoms with Crippen molar-refractivity contribution in [1.82, 2.24) is 0 Å². The van der Waals surface area contributed by atoms with E-state index in [9.17, 15) is 9.59 Å². The lowest BCUT2D eigenvalue weighted by molar-refractivity contribution is -0.148. The number of aliphatic hydroxyl groups is 1. The molecular formula is C17H28O5. The maximum atomic E-state index is 11.0. The van der Waals surface area contributed by atoms with Crippen molar-refractivity contribution in [3.63, 3.8) is 0 Å². The molecule has 1 aliphatic rings. The van der Waals surface area contributed by atoms with E-state index in [1.807, 2.05) is 34.6 Å². The molecule has 0 radical (unpaired) electrons. The third-order valence-corrected chi connectivity index (χ3v) is 3.50. The second kappa shape index (κ2) is 7.09. The zero-order chi connectivity index (χ0) is 17.8. The number of rotatable bonds is 4. The van der Waals surface area contributed by atoms with Crippen molar-refractivity contribution in [2.45, 2.75) is 53.6 Å². The lowest BCUT2D eigenvalue weighted by Gasteiger charge is -2.17. The van der Waals surface area contributed by atoms with Crippen LogP contribution >= 0.6 is 0 Å². The average molecular weight is 312 g/mol. The Bertz CT molecular complexity index is 468. The number of aliphatic hydroxyl groups excluding tert-OH is 1. The summed E-state index contributed by atoms with van der Waals surface area (Å²) in [6.45, 7) is 14.3. The highest BCUT2D eigenvalue weighted by Crippen LogP contribution is 2.64. The molecule has 1 fully saturated rings. The normalized spacial score (nSPS) is 23.0. The summed E-state index contributed by atoms with van der Waals surface area (Å²) in [5.41, 5.74) is -0.576. The van der Waals surface area contributed by atoms with E-state index in [0.29, 0.717) is 6.42 Å². The number of carbonyl (C=O) groups is 2. The van der Waals surface area contributed by atoms with E-state index in [1.54, 1.807) is 13.0 Å². The van der Waals surface area contributed by atoms with Crippen molar-refractivity contribution in [3.05, 3.63) is 24.3 Å². The molecule has 0 bridgehead atoms. The van der Waals surface area contributed by atoms with E-state index in [0.717, 1.165) is 11.6 Å². The highest BCUT2D eigenvalue weighted by molar-refractivity contribution is 5.82. The summed E-state index contributed by atoms with van der Waals surface area (Å²) >= 11 is 0. The first-order chi connectivity index (χ1) is 9.81. The van der Waals surface area contributed by atoms with Crippen LogP contribution < -0.4 is 0 Å². The highest BCUT2D eigenvalue weighted by Gasteiger charge is 2.65. The summed E-state index contributed by atoms with van der Waals surface area (Å²) in [5.74, 6) is -1.16. The molecule has 1 aliphatic carbocycles. The molecule has 1 rings (SSSR count). The molecule has 1 atom stereocenters. The Kier molecular flexibility index (Phi) is 6.57. The Morgan fingerprint density at radius 1 is 1.32 bits per heavy atom. The van der Waals surface area contributed by atoms with Crippen molar-refractivity contribution < 1.29 is 24.5 Å². The first kappa shape index (κ1) is 20.4. The van der Waals surface area contributed by atoms with Gasteiger partial charge >= 0.3 is 11.9 Å². The van der Waals surface area contributed by atoms with Gasteiger partial charge in [-0.3, -0.25) is 4.79 Å². The average Bonchev–Trinajstić information content (AvgIpc) is 2.90. The topological polar surface area (TPSA) is 83.8 Å². The Balaban J connectivity index is 0.000000433. The molecule has 0 heterocycles. The van der Waals surface area contributed by atoms with Crippen LogP contribution in [0.3, 0.4) is 0 Å². The van der Waals surface area contributed by atoms with Crippen LogP contribution in [0.25, 0.3) is 0 Å². The van der Waals surface area contributed by atoms with Gasteiger partial charge in [0.15, 0.2) is 0 Å². The quantitative estimate of drug-likeness (QED) is 0.474. The number of carboxylic acid groups (broad SMARTS) is 1. The van der Waals surface area contributed by atoms with Gasteiger partial charge in [0.1, 0.15) is 5.60 Å². The number of carboxylic acids is 1. The summed E-state index contributed by atoms with van der Waals surface area (Å²) in [4.78, 5) is 21.5. The molecule has 126 valence electrons. The summed E-state index contributed by atoms with van der Waals surface area (Å²) in [6, 6.07) is 0. The van der Waals surface area contributed by atoms with E-state index in [4.69, 9.17) is 14.9 Å². The van der Waals surface area contributed by atoms with Crippen LogP contribution in [0.1, 0.15) is 48.0 Å². The summed E-state index contributed by atoms with van der Waals surface area (Å²) in [7, 11) is 0. The SMILES string of the molecule is C/C(=C\C1(C(=O)O)CC1(C)C)CO.C=CC(=O)OC(C)(C)C.